The summed E-state index contributed by atoms with van der Waals surface area (Å²) >= 11 is 0. The van der Waals surface area contributed by atoms with Crippen molar-refractivity contribution in [3.8, 4) is 5.75 Å². The van der Waals surface area contributed by atoms with Crippen molar-refractivity contribution < 1.29 is 17.9 Å². The van der Waals surface area contributed by atoms with E-state index in [0.717, 1.165) is 23.3 Å². The molecule has 2 aromatic rings. The molecule has 0 unspecified atom stereocenters. The van der Waals surface area contributed by atoms with Crippen LogP contribution in [0.25, 0.3) is 0 Å². The Morgan fingerprint density at radius 3 is 2.38 bits per heavy atom. The van der Waals surface area contributed by atoms with Crippen LogP contribution in [0.1, 0.15) is 43.9 Å². The van der Waals surface area contributed by atoms with E-state index in [4.69, 9.17) is 4.74 Å². The number of carbonyl (C=O) groups is 1. The number of nitrogens with one attached hydrogen (secondary N) is 1. The quantitative estimate of drug-likeness (QED) is 0.639. The summed E-state index contributed by atoms with van der Waals surface area (Å²) in [5.41, 5.74) is 2.66. The number of anilines is 1. The maximum absolute atomic E-state index is 12.4. The molecule has 0 saturated carbocycles. The fourth-order valence-electron chi connectivity index (χ4n) is 3.18. The number of benzene rings is 2. The molecule has 0 aromatic heterocycles. The summed E-state index contributed by atoms with van der Waals surface area (Å²) in [5, 5.41) is 2.95. The third-order valence-corrected chi connectivity index (χ3v) is 5.97. The van der Waals surface area contributed by atoms with Crippen LogP contribution < -0.4 is 14.4 Å². The van der Waals surface area contributed by atoms with Gasteiger partial charge in [0.25, 0.3) is 0 Å². The lowest BCUT2D eigenvalue weighted by atomic mass is 10.1. The van der Waals surface area contributed by atoms with E-state index in [-0.39, 0.29) is 24.9 Å². The van der Waals surface area contributed by atoms with E-state index in [1.165, 1.54) is 10.6 Å². The van der Waals surface area contributed by atoms with Crippen molar-refractivity contribution in [1.29, 1.82) is 0 Å². The molecule has 0 aliphatic heterocycles. The van der Waals surface area contributed by atoms with Crippen molar-refractivity contribution in [3.05, 3.63) is 59.7 Å². The van der Waals surface area contributed by atoms with Crippen molar-refractivity contribution in [2.45, 2.75) is 39.2 Å². The minimum absolute atomic E-state index is 0.127. The van der Waals surface area contributed by atoms with E-state index < -0.39 is 10.0 Å². The number of hydrogen-bond acceptors (Lipinski definition) is 4. The van der Waals surface area contributed by atoms with Gasteiger partial charge in [-0.3, -0.25) is 9.10 Å². The van der Waals surface area contributed by atoms with E-state index >= 15 is 0 Å². The summed E-state index contributed by atoms with van der Waals surface area (Å²) in [6.45, 7) is 4.20. The number of aryl methyl sites for hydroxylation is 1. The molecule has 0 bridgehead atoms. The predicted molar refractivity (Wildman–Crippen MR) is 117 cm³/mol. The molecule has 1 amide bonds. The Morgan fingerprint density at radius 1 is 1.14 bits per heavy atom. The Morgan fingerprint density at radius 2 is 1.79 bits per heavy atom. The average molecular weight is 419 g/mol. The Balaban J connectivity index is 1.95. The van der Waals surface area contributed by atoms with Gasteiger partial charge in [-0.25, -0.2) is 8.42 Å². The van der Waals surface area contributed by atoms with E-state index in [0.29, 0.717) is 12.1 Å². The largest absolute Gasteiger partial charge is 0.496 e. The van der Waals surface area contributed by atoms with Crippen LogP contribution in [0.4, 0.5) is 5.69 Å². The SMILES string of the molecule is CCc1ccc(N(CCCC(=O)N[C@@H](C)c2ccccc2OC)S(C)(=O)=O)cc1. The van der Waals surface area contributed by atoms with Gasteiger partial charge in [-0.1, -0.05) is 37.3 Å². The van der Waals surface area contributed by atoms with Crippen LogP contribution in [0.15, 0.2) is 48.5 Å². The highest BCUT2D eigenvalue weighted by Crippen LogP contribution is 2.24. The molecule has 0 fully saturated rings. The van der Waals surface area contributed by atoms with Gasteiger partial charge < -0.3 is 10.1 Å². The number of para-hydroxylation sites is 1. The highest BCUT2D eigenvalue weighted by molar-refractivity contribution is 7.92. The third-order valence-electron chi connectivity index (χ3n) is 4.78. The van der Waals surface area contributed by atoms with Crippen LogP contribution in [0.2, 0.25) is 0 Å². The van der Waals surface area contributed by atoms with Gasteiger partial charge in [-0.2, -0.15) is 0 Å². The summed E-state index contributed by atoms with van der Waals surface area (Å²) in [5.74, 6) is 0.595. The number of methoxy groups -OCH3 is 1. The molecule has 0 heterocycles. The van der Waals surface area contributed by atoms with Gasteiger partial charge in [0.1, 0.15) is 5.75 Å². The number of carbonyl (C=O) groups excluding carboxylic acids is 1. The average Bonchev–Trinajstić information content (AvgIpc) is 2.70. The first kappa shape index (κ1) is 22.7. The van der Waals surface area contributed by atoms with Crippen LogP contribution in [0, 0.1) is 0 Å². The van der Waals surface area contributed by atoms with Gasteiger partial charge in [0.15, 0.2) is 0 Å². The van der Waals surface area contributed by atoms with Crippen molar-refractivity contribution in [2.75, 3.05) is 24.2 Å². The van der Waals surface area contributed by atoms with Crippen molar-refractivity contribution >= 4 is 21.6 Å². The van der Waals surface area contributed by atoms with Crippen molar-refractivity contribution in [1.82, 2.24) is 5.32 Å². The summed E-state index contributed by atoms with van der Waals surface area (Å²) in [7, 11) is -1.83. The molecule has 6 nitrogen and oxygen atoms in total. The number of sulfonamides is 1. The van der Waals surface area contributed by atoms with Crippen LogP contribution in [0.5, 0.6) is 5.75 Å². The van der Waals surface area contributed by atoms with Crippen LogP contribution in [-0.4, -0.2) is 34.2 Å². The second-order valence-electron chi connectivity index (χ2n) is 6.99. The van der Waals surface area contributed by atoms with Gasteiger partial charge in [0, 0.05) is 18.5 Å². The van der Waals surface area contributed by atoms with E-state index in [9.17, 15) is 13.2 Å². The summed E-state index contributed by atoms with van der Waals surface area (Å²) in [4.78, 5) is 12.4. The highest BCUT2D eigenvalue weighted by atomic mass is 32.2. The Kier molecular flexibility index (Phi) is 8.08. The maximum atomic E-state index is 12.4. The van der Waals surface area contributed by atoms with Gasteiger partial charge in [0.2, 0.25) is 15.9 Å². The summed E-state index contributed by atoms with van der Waals surface area (Å²) in [6, 6.07) is 14.8. The predicted octanol–water partition coefficient (Wildman–Crippen LogP) is 3.68. The zero-order valence-electron chi connectivity index (χ0n) is 17.5. The molecule has 1 N–H and O–H groups in total. The molecule has 1 atom stereocenters. The van der Waals surface area contributed by atoms with E-state index in [2.05, 4.69) is 5.32 Å². The number of ether oxygens (including phenoxy) is 1. The fraction of sp³-hybridized carbons (Fsp3) is 0.409. The molecule has 29 heavy (non-hydrogen) atoms. The Bertz CT molecular complexity index is 911. The molecule has 7 heteroatoms. The second-order valence-corrected chi connectivity index (χ2v) is 8.90. The lowest BCUT2D eigenvalue weighted by Crippen LogP contribution is -2.32. The molecule has 158 valence electrons. The lowest BCUT2D eigenvalue weighted by Gasteiger charge is -2.23. The Hall–Kier alpha value is -2.54. The normalized spacial score (nSPS) is 12.3. The topological polar surface area (TPSA) is 75.7 Å². The van der Waals surface area contributed by atoms with Gasteiger partial charge in [0.05, 0.1) is 25.1 Å². The van der Waals surface area contributed by atoms with Gasteiger partial charge >= 0.3 is 0 Å². The smallest absolute Gasteiger partial charge is 0.232 e. The zero-order valence-corrected chi connectivity index (χ0v) is 18.3. The number of rotatable bonds is 10. The fourth-order valence-corrected chi connectivity index (χ4v) is 4.15. The molecule has 0 saturated heterocycles. The molecule has 0 spiro atoms. The van der Waals surface area contributed by atoms with E-state index in [1.54, 1.807) is 7.11 Å². The van der Waals surface area contributed by atoms with E-state index in [1.807, 2.05) is 62.4 Å². The molecule has 0 aliphatic rings. The minimum Gasteiger partial charge on any atom is -0.496 e. The lowest BCUT2D eigenvalue weighted by molar-refractivity contribution is -0.121. The number of amides is 1. The first-order valence-electron chi connectivity index (χ1n) is 9.75. The number of hydrogen-bond donors (Lipinski definition) is 1. The minimum atomic E-state index is -3.43. The van der Waals surface area contributed by atoms with Gasteiger partial charge in [-0.15, -0.1) is 0 Å². The first-order valence-corrected chi connectivity index (χ1v) is 11.6. The number of nitrogens with zero attached hydrogens (tertiary/aromatic N) is 1. The highest BCUT2D eigenvalue weighted by Gasteiger charge is 2.18. The van der Waals surface area contributed by atoms with Gasteiger partial charge in [-0.05, 0) is 43.5 Å². The first-order chi connectivity index (χ1) is 13.8. The van der Waals surface area contributed by atoms with Crippen LogP contribution in [-0.2, 0) is 21.2 Å². The summed E-state index contributed by atoms with van der Waals surface area (Å²) in [6.07, 6.45) is 2.74. The molecule has 2 aromatic carbocycles. The molecule has 2 rings (SSSR count). The molecular formula is C22H30N2O4S. The summed E-state index contributed by atoms with van der Waals surface area (Å²) < 4.78 is 31.1. The van der Waals surface area contributed by atoms with Crippen molar-refractivity contribution in [2.24, 2.45) is 0 Å². The van der Waals surface area contributed by atoms with Crippen LogP contribution in [0.3, 0.4) is 0 Å². The second kappa shape index (κ2) is 10.3. The van der Waals surface area contributed by atoms with Crippen LogP contribution >= 0.6 is 0 Å². The monoisotopic (exact) mass is 418 g/mol. The molecule has 0 radical (unpaired) electrons. The standard InChI is InChI=1S/C22H30N2O4S/c1-5-18-12-14-19(15-13-18)24(29(4,26)27)16-8-11-22(25)23-17(2)20-9-6-7-10-21(20)28-3/h6-7,9-10,12-15,17H,5,8,11,16H2,1-4H3,(H,23,25)/t17-/m0/s1. The molecule has 0 aliphatic carbocycles. The Labute approximate surface area is 173 Å². The zero-order chi connectivity index (χ0) is 21.4. The van der Waals surface area contributed by atoms with Crippen molar-refractivity contribution in [3.63, 3.8) is 0 Å². The third kappa shape index (κ3) is 6.49. The maximum Gasteiger partial charge on any atom is 0.232 e. The molecular weight excluding hydrogens is 388 g/mol.